The van der Waals surface area contributed by atoms with E-state index in [4.69, 9.17) is 9.47 Å². The minimum atomic E-state index is -0.394. The van der Waals surface area contributed by atoms with Gasteiger partial charge >= 0.3 is 0 Å². The third kappa shape index (κ3) is 3.80. The van der Waals surface area contributed by atoms with Gasteiger partial charge in [-0.1, -0.05) is 26.8 Å². The lowest BCUT2D eigenvalue weighted by Crippen LogP contribution is -2.43. The summed E-state index contributed by atoms with van der Waals surface area (Å²) in [6.07, 6.45) is 4.96. The fourth-order valence-corrected chi connectivity index (χ4v) is 2.23. The molecule has 0 saturated carbocycles. The molecule has 1 saturated heterocycles. The van der Waals surface area contributed by atoms with Gasteiger partial charge in [-0.3, -0.25) is 0 Å². The summed E-state index contributed by atoms with van der Waals surface area (Å²) in [6, 6.07) is 0. The molecule has 0 aliphatic carbocycles. The molecule has 0 unspecified atom stereocenters. The molecule has 1 heterocycles. The third-order valence-corrected chi connectivity index (χ3v) is 3.63. The predicted molar refractivity (Wildman–Crippen MR) is 68.7 cm³/mol. The fourth-order valence-electron chi connectivity index (χ4n) is 2.23. The molecule has 0 radical (unpaired) electrons. The second-order valence-electron chi connectivity index (χ2n) is 5.33. The number of ether oxygens (including phenoxy) is 2. The molecular weight excluding hydrogens is 216 g/mol. The number of rotatable bonds is 6. The first-order chi connectivity index (χ1) is 8.02. The molecule has 0 aromatic carbocycles. The molecular formula is C14H26O3. The summed E-state index contributed by atoms with van der Waals surface area (Å²) in [5.74, 6) is 0. The Hall–Kier alpha value is -0.380. The molecule has 0 spiro atoms. The largest absolute Gasteiger partial charge is 0.392 e. The molecule has 3 heteroatoms. The summed E-state index contributed by atoms with van der Waals surface area (Å²) in [6.45, 7) is 10.6. The topological polar surface area (TPSA) is 38.7 Å². The van der Waals surface area contributed by atoms with Crippen LogP contribution >= 0.6 is 0 Å². The van der Waals surface area contributed by atoms with Gasteiger partial charge in [-0.2, -0.15) is 0 Å². The molecule has 1 aliphatic rings. The molecule has 0 aromatic heterocycles. The van der Waals surface area contributed by atoms with Gasteiger partial charge in [0, 0.05) is 12.0 Å². The van der Waals surface area contributed by atoms with E-state index in [9.17, 15) is 5.11 Å². The van der Waals surface area contributed by atoms with Crippen LogP contribution in [0.15, 0.2) is 12.7 Å². The van der Waals surface area contributed by atoms with E-state index in [0.717, 1.165) is 25.9 Å². The van der Waals surface area contributed by atoms with Crippen LogP contribution in [0, 0.1) is 5.41 Å². The van der Waals surface area contributed by atoms with Gasteiger partial charge in [-0.05, 0) is 25.7 Å². The van der Waals surface area contributed by atoms with Crippen LogP contribution in [0.1, 0.15) is 46.5 Å². The molecule has 3 nitrogen and oxygen atoms in total. The average Bonchev–Trinajstić information content (AvgIpc) is 2.35. The van der Waals surface area contributed by atoms with Crippen LogP contribution in [-0.4, -0.2) is 30.2 Å². The van der Waals surface area contributed by atoms with Gasteiger partial charge in [0.15, 0.2) is 6.29 Å². The Morgan fingerprint density at radius 3 is 2.71 bits per heavy atom. The van der Waals surface area contributed by atoms with E-state index in [1.807, 2.05) is 20.8 Å². The number of aliphatic hydroxyl groups excluding tert-OH is 1. The third-order valence-electron chi connectivity index (χ3n) is 3.63. The molecule has 0 bridgehead atoms. The monoisotopic (exact) mass is 242 g/mol. The lowest BCUT2D eigenvalue weighted by Gasteiger charge is -2.38. The maximum absolute atomic E-state index is 10.0. The van der Waals surface area contributed by atoms with Gasteiger partial charge in [0.1, 0.15) is 0 Å². The maximum Gasteiger partial charge on any atom is 0.158 e. The molecule has 3 atom stereocenters. The number of aliphatic hydroxyl groups is 1. The van der Waals surface area contributed by atoms with Crippen molar-refractivity contribution in [3.05, 3.63) is 12.7 Å². The van der Waals surface area contributed by atoms with Crippen molar-refractivity contribution in [1.29, 1.82) is 0 Å². The zero-order valence-electron chi connectivity index (χ0n) is 11.3. The van der Waals surface area contributed by atoms with Crippen molar-refractivity contribution < 1.29 is 14.6 Å². The predicted octanol–water partition coefficient (Wildman–Crippen LogP) is 2.88. The van der Waals surface area contributed by atoms with Crippen molar-refractivity contribution in [3.63, 3.8) is 0 Å². The van der Waals surface area contributed by atoms with Crippen LogP contribution in [-0.2, 0) is 9.47 Å². The summed E-state index contributed by atoms with van der Waals surface area (Å²) in [4.78, 5) is 0. The Balaban J connectivity index is 2.60. The van der Waals surface area contributed by atoms with E-state index >= 15 is 0 Å². The summed E-state index contributed by atoms with van der Waals surface area (Å²) >= 11 is 0. The van der Waals surface area contributed by atoms with Crippen molar-refractivity contribution in [2.75, 3.05) is 6.61 Å². The number of hydrogen-bond acceptors (Lipinski definition) is 3. The first-order valence-electron chi connectivity index (χ1n) is 6.60. The van der Waals surface area contributed by atoms with Gasteiger partial charge in [0.25, 0.3) is 0 Å². The van der Waals surface area contributed by atoms with Gasteiger partial charge < -0.3 is 14.6 Å². The highest BCUT2D eigenvalue weighted by Crippen LogP contribution is 2.32. The van der Waals surface area contributed by atoms with Crippen molar-refractivity contribution >= 4 is 0 Å². The molecule has 1 N–H and O–H groups in total. The standard InChI is InChI=1S/C14H26O3/c1-5-11(15)14(3,4)12(6-2)17-13-9-7-8-10-16-13/h6,11-13,15H,2,5,7-10H2,1,3-4H3/t11-,12-,13-/m0/s1. The van der Waals surface area contributed by atoms with E-state index in [2.05, 4.69) is 6.58 Å². The lowest BCUT2D eigenvalue weighted by atomic mass is 9.79. The van der Waals surface area contributed by atoms with Crippen LogP contribution in [0.2, 0.25) is 0 Å². The van der Waals surface area contributed by atoms with E-state index < -0.39 is 6.10 Å². The summed E-state index contributed by atoms with van der Waals surface area (Å²) < 4.78 is 11.5. The lowest BCUT2D eigenvalue weighted by molar-refractivity contribution is -0.207. The molecule has 100 valence electrons. The van der Waals surface area contributed by atoms with Crippen molar-refractivity contribution in [3.8, 4) is 0 Å². The Bertz CT molecular complexity index is 232. The van der Waals surface area contributed by atoms with Gasteiger partial charge in [-0.15, -0.1) is 6.58 Å². The normalized spacial score (nSPS) is 25.3. The highest BCUT2D eigenvalue weighted by atomic mass is 16.7. The van der Waals surface area contributed by atoms with Crippen LogP contribution in [0.5, 0.6) is 0 Å². The van der Waals surface area contributed by atoms with Crippen LogP contribution in [0.25, 0.3) is 0 Å². The summed E-state index contributed by atoms with van der Waals surface area (Å²) in [7, 11) is 0. The zero-order chi connectivity index (χ0) is 12.9. The SMILES string of the molecule is C=C[C@H](O[C@H]1CCCCO1)C(C)(C)[C@@H](O)CC. The Morgan fingerprint density at radius 1 is 1.53 bits per heavy atom. The molecule has 0 aromatic rings. The molecule has 1 rings (SSSR count). The van der Waals surface area contributed by atoms with Crippen LogP contribution in [0.4, 0.5) is 0 Å². The molecule has 1 aliphatic heterocycles. The fraction of sp³-hybridized carbons (Fsp3) is 0.857. The maximum atomic E-state index is 10.0. The highest BCUT2D eigenvalue weighted by Gasteiger charge is 2.36. The number of hydrogen-bond donors (Lipinski definition) is 1. The van der Waals surface area contributed by atoms with E-state index in [1.165, 1.54) is 0 Å². The zero-order valence-corrected chi connectivity index (χ0v) is 11.3. The Morgan fingerprint density at radius 2 is 2.24 bits per heavy atom. The van der Waals surface area contributed by atoms with E-state index in [1.54, 1.807) is 6.08 Å². The Labute approximate surface area is 105 Å². The summed E-state index contributed by atoms with van der Waals surface area (Å²) in [5, 5.41) is 10.0. The van der Waals surface area contributed by atoms with Crippen LogP contribution in [0.3, 0.4) is 0 Å². The Kier molecular flexibility index (Phi) is 5.63. The van der Waals surface area contributed by atoms with Gasteiger partial charge in [-0.25, -0.2) is 0 Å². The quantitative estimate of drug-likeness (QED) is 0.728. The van der Waals surface area contributed by atoms with E-state index in [0.29, 0.717) is 6.42 Å². The average molecular weight is 242 g/mol. The molecule has 1 fully saturated rings. The highest BCUT2D eigenvalue weighted by molar-refractivity contribution is 4.96. The molecule has 0 amide bonds. The van der Waals surface area contributed by atoms with Crippen molar-refractivity contribution in [2.45, 2.75) is 65.0 Å². The minimum Gasteiger partial charge on any atom is -0.392 e. The summed E-state index contributed by atoms with van der Waals surface area (Å²) in [5.41, 5.74) is -0.336. The second kappa shape index (κ2) is 6.53. The van der Waals surface area contributed by atoms with Crippen molar-refractivity contribution in [1.82, 2.24) is 0 Å². The van der Waals surface area contributed by atoms with E-state index in [-0.39, 0.29) is 17.8 Å². The first kappa shape index (κ1) is 14.7. The van der Waals surface area contributed by atoms with Gasteiger partial charge in [0.05, 0.1) is 12.2 Å². The minimum absolute atomic E-state index is 0.143. The second-order valence-corrected chi connectivity index (χ2v) is 5.33. The first-order valence-corrected chi connectivity index (χ1v) is 6.60. The van der Waals surface area contributed by atoms with Crippen molar-refractivity contribution in [2.24, 2.45) is 5.41 Å². The smallest absolute Gasteiger partial charge is 0.158 e. The molecule has 17 heavy (non-hydrogen) atoms. The van der Waals surface area contributed by atoms with Crippen LogP contribution < -0.4 is 0 Å². The van der Waals surface area contributed by atoms with Gasteiger partial charge in [0.2, 0.25) is 0 Å².